The van der Waals surface area contributed by atoms with Crippen LogP contribution in [0, 0.1) is 11.3 Å². The van der Waals surface area contributed by atoms with Crippen LogP contribution in [-0.2, 0) is 0 Å². The van der Waals surface area contributed by atoms with Gasteiger partial charge in [-0.2, -0.15) is 5.26 Å². The Labute approximate surface area is 108 Å². The van der Waals surface area contributed by atoms with Gasteiger partial charge in [0.2, 0.25) is 0 Å². The highest BCUT2D eigenvalue weighted by atomic mass is 35.5. The number of hydrogen-bond acceptors (Lipinski definition) is 3. The highest BCUT2D eigenvalue weighted by molar-refractivity contribution is 6.36. The number of rotatable bonds is 1. The molecule has 0 bridgehead atoms. The predicted octanol–water partition coefficient (Wildman–Crippen LogP) is 3.51. The molecule has 0 aliphatic heterocycles. The van der Waals surface area contributed by atoms with Gasteiger partial charge in [0.1, 0.15) is 6.07 Å². The number of benzene rings is 1. The first-order valence-electron chi connectivity index (χ1n) is 4.73. The van der Waals surface area contributed by atoms with Crippen molar-refractivity contribution in [3.05, 3.63) is 46.1 Å². The summed E-state index contributed by atoms with van der Waals surface area (Å²) in [6.45, 7) is 0. The molecule has 0 fully saturated rings. The Bertz CT molecular complexity index is 618. The summed E-state index contributed by atoms with van der Waals surface area (Å²) in [5.41, 5.74) is 7.70. The third kappa shape index (κ3) is 2.19. The smallest absolute Gasteiger partial charge is 0.101 e. The summed E-state index contributed by atoms with van der Waals surface area (Å²) in [7, 11) is 0. The zero-order valence-electron chi connectivity index (χ0n) is 8.61. The maximum Gasteiger partial charge on any atom is 0.101 e. The number of aromatic nitrogens is 1. The molecule has 2 N–H and O–H groups in total. The van der Waals surface area contributed by atoms with E-state index in [9.17, 15) is 0 Å². The molecule has 0 atom stereocenters. The quantitative estimate of drug-likeness (QED) is 0.857. The lowest BCUT2D eigenvalue weighted by Gasteiger charge is -2.08. The van der Waals surface area contributed by atoms with E-state index in [0.717, 1.165) is 0 Å². The Morgan fingerprint density at radius 3 is 2.65 bits per heavy atom. The average molecular weight is 264 g/mol. The summed E-state index contributed by atoms with van der Waals surface area (Å²) in [4.78, 5) is 4.14. The summed E-state index contributed by atoms with van der Waals surface area (Å²) < 4.78 is 0. The molecule has 0 aliphatic rings. The van der Waals surface area contributed by atoms with Crippen LogP contribution in [0.1, 0.15) is 5.56 Å². The van der Waals surface area contributed by atoms with Gasteiger partial charge in [-0.15, -0.1) is 0 Å². The highest BCUT2D eigenvalue weighted by Gasteiger charge is 2.11. The molecule has 2 aromatic rings. The van der Waals surface area contributed by atoms with Crippen LogP contribution in [0.2, 0.25) is 10.0 Å². The Morgan fingerprint density at radius 2 is 2.00 bits per heavy atom. The van der Waals surface area contributed by atoms with Crippen LogP contribution >= 0.6 is 23.2 Å². The van der Waals surface area contributed by atoms with Gasteiger partial charge in [-0.3, -0.25) is 4.98 Å². The van der Waals surface area contributed by atoms with Gasteiger partial charge in [-0.05, 0) is 24.3 Å². The minimum Gasteiger partial charge on any atom is -0.396 e. The lowest BCUT2D eigenvalue weighted by molar-refractivity contribution is 1.31. The lowest BCUT2D eigenvalue weighted by Crippen LogP contribution is -1.97. The molecule has 1 heterocycles. The number of hydrogen-bond donors (Lipinski definition) is 1. The van der Waals surface area contributed by atoms with Crippen molar-refractivity contribution in [2.24, 2.45) is 0 Å². The molecule has 0 amide bonds. The SMILES string of the molecule is N#Cc1ccnc(-c2ccc(Cl)cc2Cl)c1N. The molecule has 17 heavy (non-hydrogen) atoms. The van der Waals surface area contributed by atoms with Crippen molar-refractivity contribution >= 4 is 28.9 Å². The summed E-state index contributed by atoms with van der Waals surface area (Å²) in [5, 5.41) is 9.88. The summed E-state index contributed by atoms with van der Waals surface area (Å²) in [6, 6.07) is 8.59. The molecule has 3 nitrogen and oxygen atoms in total. The molecule has 2 rings (SSSR count). The lowest BCUT2D eigenvalue weighted by atomic mass is 10.1. The van der Waals surface area contributed by atoms with E-state index in [1.807, 2.05) is 6.07 Å². The van der Waals surface area contributed by atoms with Gasteiger partial charge in [-0.25, -0.2) is 0 Å². The first-order chi connectivity index (χ1) is 8.13. The fourth-order valence-electron chi connectivity index (χ4n) is 1.47. The van der Waals surface area contributed by atoms with Crippen molar-refractivity contribution in [2.45, 2.75) is 0 Å². The zero-order valence-corrected chi connectivity index (χ0v) is 10.1. The van der Waals surface area contributed by atoms with Crippen LogP contribution in [0.5, 0.6) is 0 Å². The second-order valence-corrected chi connectivity index (χ2v) is 4.20. The van der Waals surface area contributed by atoms with E-state index >= 15 is 0 Å². The van der Waals surface area contributed by atoms with Crippen LogP contribution < -0.4 is 5.73 Å². The topological polar surface area (TPSA) is 62.7 Å². The molecule has 84 valence electrons. The summed E-state index contributed by atoms with van der Waals surface area (Å²) in [6.07, 6.45) is 1.52. The minimum absolute atomic E-state index is 0.319. The molecule has 5 heteroatoms. The predicted molar refractivity (Wildman–Crippen MR) is 68.8 cm³/mol. The monoisotopic (exact) mass is 263 g/mol. The number of nitrogen functional groups attached to an aromatic ring is 1. The molecule has 0 unspecified atom stereocenters. The van der Waals surface area contributed by atoms with Crippen LogP contribution in [0.25, 0.3) is 11.3 Å². The van der Waals surface area contributed by atoms with Gasteiger partial charge in [0.05, 0.1) is 22.0 Å². The van der Waals surface area contributed by atoms with Gasteiger partial charge < -0.3 is 5.73 Å². The minimum atomic E-state index is 0.319. The Kier molecular flexibility index (Phi) is 3.19. The third-order valence-electron chi connectivity index (χ3n) is 2.30. The number of anilines is 1. The average Bonchev–Trinajstić information content (AvgIpc) is 2.30. The molecular weight excluding hydrogens is 257 g/mol. The molecule has 0 saturated carbocycles. The van der Waals surface area contributed by atoms with E-state index in [1.165, 1.54) is 6.20 Å². The molecule has 0 radical (unpaired) electrons. The van der Waals surface area contributed by atoms with E-state index < -0.39 is 0 Å². The molecular formula is C12H7Cl2N3. The van der Waals surface area contributed by atoms with Crippen LogP contribution in [0.15, 0.2) is 30.5 Å². The first kappa shape index (κ1) is 11.7. The van der Waals surface area contributed by atoms with Gasteiger partial charge in [-0.1, -0.05) is 23.2 Å². The van der Waals surface area contributed by atoms with E-state index in [0.29, 0.717) is 32.6 Å². The first-order valence-corrected chi connectivity index (χ1v) is 5.49. The summed E-state index contributed by atoms with van der Waals surface area (Å²) in [5.74, 6) is 0. The highest BCUT2D eigenvalue weighted by Crippen LogP contribution is 2.33. The zero-order chi connectivity index (χ0) is 12.4. The van der Waals surface area contributed by atoms with E-state index in [-0.39, 0.29) is 0 Å². The van der Waals surface area contributed by atoms with Crippen molar-refractivity contribution in [3.63, 3.8) is 0 Å². The Hall–Kier alpha value is -1.76. The standard InChI is InChI=1S/C12H7Cl2N3/c13-8-1-2-9(10(14)5-8)12-11(16)7(6-15)3-4-17-12/h1-5H,16H2. The van der Waals surface area contributed by atoms with Gasteiger partial charge >= 0.3 is 0 Å². The van der Waals surface area contributed by atoms with Crippen LogP contribution in [0.4, 0.5) is 5.69 Å². The van der Waals surface area contributed by atoms with Gasteiger partial charge in [0.25, 0.3) is 0 Å². The van der Waals surface area contributed by atoms with Crippen molar-refractivity contribution in [3.8, 4) is 17.3 Å². The van der Waals surface area contributed by atoms with Crippen LogP contribution in [0.3, 0.4) is 0 Å². The number of nitriles is 1. The fraction of sp³-hybridized carbons (Fsp3) is 0. The number of nitrogens with two attached hydrogens (primary N) is 1. The third-order valence-corrected chi connectivity index (χ3v) is 2.84. The number of halogens is 2. The van der Waals surface area contributed by atoms with E-state index in [4.69, 9.17) is 34.2 Å². The molecule has 1 aromatic carbocycles. The Balaban J connectivity index is 2.66. The molecule has 0 spiro atoms. The number of pyridine rings is 1. The summed E-state index contributed by atoms with van der Waals surface area (Å²) >= 11 is 11.9. The van der Waals surface area contributed by atoms with Crippen molar-refractivity contribution < 1.29 is 0 Å². The largest absolute Gasteiger partial charge is 0.396 e. The van der Waals surface area contributed by atoms with Crippen LogP contribution in [-0.4, -0.2) is 4.98 Å². The Morgan fingerprint density at radius 1 is 1.24 bits per heavy atom. The van der Waals surface area contributed by atoms with Gasteiger partial charge in [0, 0.05) is 16.8 Å². The van der Waals surface area contributed by atoms with Crippen molar-refractivity contribution in [1.82, 2.24) is 4.98 Å². The van der Waals surface area contributed by atoms with E-state index in [2.05, 4.69) is 4.98 Å². The maximum absolute atomic E-state index is 8.89. The fourth-order valence-corrected chi connectivity index (χ4v) is 1.96. The normalized spacial score (nSPS) is 9.94. The van der Waals surface area contributed by atoms with Crippen molar-refractivity contribution in [2.75, 3.05) is 5.73 Å². The van der Waals surface area contributed by atoms with E-state index in [1.54, 1.807) is 24.3 Å². The molecule has 0 aliphatic carbocycles. The second-order valence-electron chi connectivity index (χ2n) is 3.36. The van der Waals surface area contributed by atoms with Gasteiger partial charge in [0.15, 0.2) is 0 Å². The maximum atomic E-state index is 8.89. The van der Waals surface area contributed by atoms with Crippen molar-refractivity contribution in [1.29, 1.82) is 5.26 Å². The second kappa shape index (κ2) is 4.62. The number of nitrogens with zero attached hydrogens (tertiary/aromatic N) is 2. The molecule has 1 aromatic heterocycles. The molecule has 0 saturated heterocycles.